The molecule has 0 saturated carbocycles. The van der Waals surface area contributed by atoms with E-state index in [0.29, 0.717) is 5.56 Å². The maximum Gasteiger partial charge on any atom is 0.433 e. The number of rotatable bonds is 5. The van der Waals surface area contributed by atoms with E-state index < -0.39 is 33.7 Å². The van der Waals surface area contributed by atoms with E-state index in [9.17, 15) is 21.6 Å². The standard InChI is InChI=1S/C16H17F3N2O2S/c1-12(13-7-4-3-5-8-13)24(22,23)21(2)11-14-9-6-10-20-15(14)16(17,18)19/h3-10,12H,11H2,1-2H3/t12-/m0/s1. The molecule has 0 spiro atoms. The molecule has 0 aliphatic rings. The van der Waals surface area contributed by atoms with Crippen LogP contribution < -0.4 is 0 Å². The van der Waals surface area contributed by atoms with Crippen LogP contribution in [0.15, 0.2) is 48.7 Å². The molecule has 0 unspecified atom stereocenters. The minimum absolute atomic E-state index is 0.184. The van der Waals surface area contributed by atoms with Gasteiger partial charge in [-0.25, -0.2) is 12.7 Å². The molecule has 0 aliphatic carbocycles. The Kier molecular flexibility index (Phi) is 5.29. The van der Waals surface area contributed by atoms with Crippen molar-refractivity contribution >= 4 is 10.0 Å². The van der Waals surface area contributed by atoms with E-state index in [0.717, 1.165) is 10.5 Å². The second-order valence-electron chi connectivity index (χ2n) is 5.36. The number of aromatic nitrogens is 1. The molecule has 0 radical (unpaired) electrons. The minimum Gasteiger partial charge on any atom is -0.251 e. The number of alkyl halides is 3. The highest BCUT2D eigenvalue weighted by Crippen LogP contribution is 2.32. The average Bonchev–Trinajstić information content (AvgIpc) is 2.54. The first-order valence-electron chi connectivity index (χ1n) is 7.15. The van der Waals surface area contributed by atoms with Gasteiger partial charge in [0.2, 0.25) is 10.0 Å². The van der Waals surface area contributed by atoms with E-state index in [2.05, 4.69) is 4.98 Å². The molecule has 0 saturated heterocycles. The first kappa shape index (κ1) is 18.4. The zero-order chi connectivity index (χ0) is 18.0. The van der Waals surface area contributed by atoms with Gasteiger partial charge < -0.3 is 0 Å². The van der Waals surface area contributed by atoms with Crippen molar-refractivity contribution in [3.63, 3.8) is 0 Å². The SMILES string of the molecule is C[C@@H](c1ccccc1)S(=O)(=O)N(C)Cc1cccnc1C(F)(F)F. The summed E-state index contributed by atoms with van der Waals surface area (Å²) in [7, 11) is -2.55. The highest BCUT2D eigenvalue weighted by Gasteiger charge is 2.36. The second kappa shape index (κ2) is 6.90. The summed E-state index contributed by atoms with van der Waals surface area (Å²) in [5.41, 5.74) is -0.678. The topological polar surface area (TPSA) is 50.3 Å². The van der Waals surface area contributed by atoms with Crippen LogP contribution in [0.25, 0.3) is 0 Å². The lowest BCUT2D eigenvalue weighted by Gasteiger charge is -2.23. The summed E-state index contributed by atoms with van der Waals surface area (Å²) < 4.78 is 65.1. The molecule has 2 aromatic rings. The van der Waals surface area contributed by atoms with Gasteiger partial charge in [-0.1, -0.05) is 36.4 Å². The predicted octanol–water partition coefficient (Wildman–Crippen LogP) is 3.62. The Labute approximate surface area is 139 Å². The molecule has 0 fully saturated rings. The van der Waals surface area contributed by atoms with E-state index in [1.165, 1.54) is 26.1 Å². The van der Waals surface area contributed by atoms with Crippen LogP contribution in [-0.2, 0) is 22.7 Å². The second-order valence-corrected chi connectivity index (χ2v) is 7.72. The molecule has 4 nitrogen and oxygen atoms in total. The third-order valence-electron chi connectivity index (χ3n) is 3.70. The fourth-order valence-corrected chi connectivity index (χ4v) is 3.68. The van der Waals surface area contributed by atoms with Gasteiger partial charge in [0.15, 0.2) is 0 Å². The summed E-state index contributed by atoms with van der Waals surface area (Å²) in [6, 6.07) is 11.1. The van der Waals surface area contributed by atoms with Gasteiger partial charge in [-0.3, -0.25) is 4.98 Å². The van der Waals surface area contributed by atoms with Crippen LogP contribution in [0.5, 0.6) is 0 Å². The Balaban J connectivity index is 2.28. The molecule has 0 amide bonds. The van der Waals surface area contributed by atoms with Crippen molar-refractivity contribution in [2.45, 2.75) is 24.9 Å². The molecule has 0 N–H and O–H groups in total. The molecule has 1 aromatic heterocycles. The number of hydrogen-bond acceptors (Lipinski definition) is 3. The van der Waals surface area contributed by atoms with Gasteiger partial charge in [-0.2, -0.15) is 13.2 Å². The van der Waals surface area contributed by atoms with Gasteiger partial charge >= 0.3 is 6.18 Å². The highest BCUT2D eigenvalue weighted by atomic mass is 32.2. The van der Waals surface area contributed by atoms with Crippen molar-refractivity contribution in [2.24, 2.45) is 0 Å². The summed E-state index contributed by atoms with van der Waals surface area (Å²) in [6.07, 6.45) is -3.60. The number of pyridine rings is 1. The molecule has 0 aliphatic heterocycles. The smallest absolute Gasteiger partial charge is 0.251 e. The summed E-state index contributed by atoms with van der Waals surface area (Å²) >= 11 is 0. The molecule has 130 valence electrons. The average molecular weight is 358 g/mol. The van der Waals surface area contributed by atoms with E-state index in [-0.39, 0.29) is 5.56 Å². The van der Waals surface area contributed by atoms with Gasteiger partial charge in [-0.05, 0) is 24.1 Å². The van der Waals surface area contributed by atoms with E-state index in [1.807, 2.05) is 0 Å². The van der Waals surface area contributed by atoms with Crippen LogP contribution in [0.3, 0.4) is 0 Å². The van der Waals surface area contributed by atoms with E-state index in [4.69, 9.17) is 0 Å². The first-order chi connectivity index (χ1) is 11.1. The maximum absolute atomic E-state index is 13.0. The van der Waals surface area contributed by atoms with Gasteiger partial charge in [0.1, 0.15) is 5.69 Å². The lowest BCUT2D eigenvalue weighted by molar-refractivity contribution is -0.142. The van der Waals surface area contributed by atoms with Crippen molar-refractivity contribution in [1.29, 1.82) is 0 Å². The highest BCUT2D eigenvalue weighted by molar-refractivity contribution is 7.89. The zero-order valence-corrected chi connectivity index (χ0v) is 14.0. The summed E-state index contributed by atoms with van der Waals surface area (Å²) in [4.78, 5) is 3.34. The van der Waals surface area contributed by atoms with Crippen molar-refractivity contribution in [3.05, 3.63) is 65.5 Å². The van der Waals surface area contributed by atoms with Gasteiger partial charge in [-0.15, -0.1) is 0 Å². The number of sulfonamides is 1. The quantitative estimate of drug-likeness (QED) is 0.820. The summed E-state index contributed by atoms with van der Waals surface area (Å²) in [5, 5.41) is -0.866. The third kappa shape index (κ3) is 3.93. The number of benzene rings is 1. The molecule has 1 aromatic carbocycles. The summed E-state index contributed by atoms with van der Waals surface area (Å²) in [6.45, 7) is 1.11. The molecule has 1 heterocycles. The van der Waals surface area contributed by atoms with Crippen molar-refractivity contribution < 1.29 is 21.6 Å². The monoisotopic (exact) mass is 358 g/mol. The zero-order valence-electron chi connectivity index (χ0n) is 13.2. The lowest BCUT2D eigenvalue weighted by atomic mass is 10.2. The van der Waals surface area contributed by atoms with Crippen molar-refractivity contribution in [2.75, 3.05) is 7.05 Å². The van der Waals surface area contributed by atoms with Gasteiger partial charge in [0, 0.05) is 19.8 Å². The van der Waals surface area contributed by atoms with Crippen LogP contribution in [0.4, 0.5) is 13.2 Å². The lowest BCUT2D eigenvalue weighted by Crippen LogP contribution is -2.31. The Hall–Kier alpha value is -1.93. The Morgan fingerprint density at radius 1 is 1.12 bits per heavy atom. The molecule has 2 rings (SSSR count). The Morgan fingerprint density at radius 3 is 2.33 bits per heavy atom. The fraction of sp³-hybridized carbons (Fsp3) is 0.312. The van der Waals surface area contributed by atoms with Gasteiger partial charge in [0.25, 0.3) is 0 Å². The normalized spacial score (nSPS) is 13.9. The van der Waals surface area contributed by atoms with Crippen molar-refractivity contribution in [1.82, 2.24) is 9.29 Å². The van der Waals surface area contributed by atoms with Crippen molar-refractivity contribution in [3.8, 4) is 0 Å². The third-order valence-corrected chi connectivity index (χ3v) is 5.87. The summed E-state index contributed by atoms with van der Waals surface area (Å²) in [5.74, 6) is 0. The molecule has 24 heavy (non-hydrogen) atoms. The minimum atomic E-state index is -4.63. The maximum atomic E-state index is 13.0. The number of nitrogens with zero attached hydrogens (tertiary/aromatic N) is 2. The number of halogens is 3. The van der Waals surface area contributed by atoms with Crippen LogP contribution >= 0.6 is 0 Å². The first-order valence-corrected chi connectivity index (χ1v) is 8.65. The number of hydrogen-bond donors (Lipinski definition) is 0. The predicted molar refractivity (Wildman–Crippen MR) is 84.5 cm³/mol. The van der Waals surface area contributed by atoms with Crippen LogP contribution in [-0.4, -0.2) is 24.8 Å². The van der Waals surface area contributed by atoms with Gasteiger partial charge in [0.05, 0.1) is 5.25 Å². The largest absolute Gasteiger partial charge is 0.433 e. The molecular formula is C16H17F3N2O2S. The van der Waals surface area contributed by atoms with E-state index >= 15 is 0 Å². The Bertz CT molecular complexity index is 792. The fourth-order valence-electron chi connectivity index (χ4n) is 2.32. The molecule has 8 heteroatoms. The van der Waals surface area contributed by atoms with Crippen LogP contribution in [0.2, 0.25) is 0 Å². The molecular weight excluding hydrogens is 341 g/mol. The van der Waals surface area contributed by atoms with Crippen LogP contribution in [0, 0.1) is 0 Å². The Morgan fingerprint density at radius 2 is 1.75 bits per heavy atom. The molecule has 0 bridgehead atoms. The van der Waals surface area contributed by atoms with Crippen LogP contribution in [0.1, 0.15) is 29.0 Å². The molecule has 1 atom stereocenters. The van der Waals surface area contributed by atoms with E-state index in [1.54, 1.807) is 30.3 Å².